The number of pyridine rings is 2. The summed E-state index contributed by atoms with van der Waals surface area (Å²) >= 11 is 3.33. The molecule has 0 aliphatic rings. The number of nitrogens with zero attached hydrogens (tertiary/aromatic N) is 2. The van der Waals surface area contributed by atoms with Gasteiger partial charge in [0.15, 0.2) is 0 Å². The Kier molecular flexibility index (Phi) is 2.74. The monoisotopic (exact) mass is 249 g/mol. The standard InChI is InChI=1S/C10H8BrN3/c11-8-3-4-10(13-6-8)14-9-2-1-5-12-7-9/h1-7H,(H,13,14). The van der Waals surface area contributed by atoms with Crippen molar-refractivity contribution in [1.29, 1.82) is 0 Å². The summed E-state index contributed by atoms with van der Waals surface area (Å²) in [7, 11) is 0. The molecule has 0 aliphatic carbocycles. The maximum atomic E-state index is 4.19. The first kappa shape index (κ1) is 9.15. The summed E-state index contributed by atoms with van der Waals surface area (Å²) in [5.74, 6) is 0.807. The third-order valence-electron chi connectivity index (χ3n) is 1.66. The second kappa shape index (κ2) is 4.19. The lowest BCUT2D eigenvalue weighted by Gasteiger charge is -2.03. The normalized spacial score (nSPS) is 9.79. The molecule has 0 saturated heterocycles. The third-order valence-corrected chi connectivity index (χ3v) is 2.13. The molecule has 2 aromatic rings. The zero-order valence-electron chi connectivity index (χ0n) is 7.31. The lowest BCUT2D eigenvalue weighted by Crippen LogP contribution is -1.92. The van der Waals surface area contributed by atoms with Crippen LogP contribution in [0.5, 0.6) is 0 Å². The first-order valence-electron chi connectivity index (χ1n) is 4.13. The fourth-order valence-electron chi connectivity index (χ4n) is 1.03. The van der Waals surface area contributed by atoms with E-state index < -0.39 is 0 Å². The molecule has 70 valence electrons. The first-order chi connectivity index (χ1) is 6.84. The van der Waals surface area contributed by atoms with Gasteiger partial charge in [-0.25, -0.2) is 4.98 Å². The molecule has 1 N–H and O–H groups in total. The minimum absolute atomic E-state index is 0.807. The van der Waals surface area contributed by atoms with Crippen LogP contribution in [0.3, 0.4) is 0 Å². The summed E-state index contributed by atoms with van der Waals surface area (Å²) in [4.78, 5) is 8.19. The molecule has 0 saturated carbocycles. The van der Waals surface area contributed by atoms with Gasteiger partial charge < -0.3 is 5.32 Å². The summed E-state index contributed by atoms with van der Waals surface area (Å²) in [6.45, 7) is 0. The summed E-state index contributed by atoms with van der Waals surface area (Å²) in [6, 6.07) is 7.65. The number of halogens is 1. The van der Waals surface area contributed by atoms with Gasteiger partial charge in [-0.05, 0) is 40.2 Å². The van der Waals surface area contributed by atoms with Crippen molar-refractivity contribution in [2.45, 2.75) is 0 Å². The molecule has 0 fully saturated rings. The van der Waals surface area contributed by atoms with E-state index in [1.54, 1.807) is 18.6 Å². The molecule has 0 spiro atoms. The quantitative estimate of drug-likeness (QED) is 0.890. The van der Waals surface area contributed by atoms with E-state index in [4.69, 9.17) is 0 Å². The van der Waals surface area contributed by atoms with Gasteiger partial charge in [-0.3, -0.25) is 4.98 Å². The molecule has 0 aromatic carbocycles. The zero-order valence-corrected chi connectivity index (χ0v) is 8.90. The van der Waals surface area contributed by atoms with Crippen molar-refractivity contribution in [2.24, 2.45) is 0 Å². The fraction of sp³-hybridized carbons (Fsp3) is 0. The molecule has 2 heterocycles. The van der Waals surface area contributed by atoms with Crippen molar-refractivity contribution in [2.75, 3.05) is 5.32 Å². The molecular weight excluding hydrogens is 242 g/mol. The van der Waals surface area contributed by atoms with Gasteiger partial charge in [0, 0.05) is 16.9 Å². The van der Waals surface area contributed by atoms with Crippen molar-refractivity contribution in [3.8, 4) is 0 Å². The van der Waals surface area contributed by atoms with Crippen molar-refractivity contribution in [3.05, 3.63) is 47.3 Å². The molecule has 14 heavy (non-hydrogen) atoms. The van der Waals surface area contributed by atoms with Crippen LogP contribution in [-0.2, 0) is 0 Å². The molecule has 0 atom stereocenters. The smallest absolute Gasteiger partial charge is 0.130 e. The highest BCUT2D eigenvalue weighted by molar-refractivity contribution is 9.10. The average molecular weight is 250 g/mol. The van der Waals surface area contributed by atoms with Crippen LogP contribution in [0.15, 0.2) is 47.3 Å². The largest absolute Gasteiger partial charge is 0.339 e. The maximum Gasteiger partial charge on any atom is 0.130 e. The predicted octanol–water partition coefficient (Wildman–Crippen LogP) is 2.98. The lowest BCUT2D eigenvalue weighted by atomic mass is 10.4. The molecule has 2 aromatic heterocycles. The Morgan fingerprint density at radius 3 is 2.71 bits per heavy atom. The lowest BCUT2D eigenvalue weighted by molar-refractivity contribution is 1.27. The molecule has 0 radical (unpaired) electrons. The highest BCUT2D eigenvalue weighted by Gasteiger charge is 1.94. The predicted molar refractivity (Wildman–Crippen MR) is 59.5 cm³/mol. The van der Waals surface area contributed by atoms with E-state index >= 15 is 0 Å². The number of aromatic nitrogens is 2. The Labute approximate surface area is 90.3 Å². The molecule has 0 amide bonds. The maximum absolute atomic E-state index is 4.19. The molecule has 3 nitrogen and oxygen atoms in total. The van der Waals surface area contributed by atoms with Gasteiger partial charge in [-0.1, -0.05) is 0 Å². The minimum atomic E-state index is 0.807. The number of anilines is 2. The highest BCUT2D eigenvalue weighted by atomic mass is 79.9. The second-order valence-electron chi connectivity index (χ2n) is 2.73. The van der Waals surface area contributed by atoms with E-state index in [1.165, 1.54) is 0 Å². The minimum Gasteiger partial charge on any atom is -0.339 e. The van der Waals surface area contributed by atoms with Crippen molar-refractivity contribution in [1.82, 2.24) is 9.97 Å². The molecule has 2 rings (SSSR count). The van der Waals surface area contributed by atoms with E-state index in [-0.39, 0.29) is 0 Å². The summed E-state index contributed by atoms with van der Waals surface area (Å²) in [6.07, 6.45) is 5.24. The van der Waals surface area contributed by atoms with Gasteiger partial charge in [0.05, 0.1) is 11.9 Å². The Bertz CT molecular complexity index is 399. The first-order valence-corrected chi connectivity index (χ1v) is 4.92. The number of hydrogen-bond acceptors (Lipinski definition) is 3. The summed E-state index contributed by atoms with van der Waals surface area (Å²) < 4.78 is 0.967. The van der Waals surface area contributed by atoms with Gasteiger partial charge in [0.25, 0.3) is 0 Å². The SMILES string of the molecule is Brc1ccc(Nc2cccnc2)nc1. The average Bonchev–Trinajstić information content (AvgIpc) is 2.23. The van der Waals surface area contributed by atoms with Gasteiger partial charge in [-0.15, -0.1) is 0 Å². The number of rotatable bonds is 2. The van der Waals surface area contributed by atoms with Crippen LogP contribution in [0.1, 0.15) is 0 Å². The van der Waals surface area contributed by atoms with Crippen LogP contribution < -0.4 is 5.32 Å². The van der Waals surface area contributed by atoms with E-state index in [2.05, 4.69) is 31.2 Å². The molecule has 0 bridgehead atoms. The van der Waals surface area contributed by atoms with E-state index in [1.807, 2.05) is 24.3 Å². The Morgan fingerprint density at radius 1 is 1.14 bits per heavy atom. The van der Waals surface area contributed by atoms with E-state index in [9.17, 15) is 0 Å². The van der Waals surface area contributed by atoms with Crippen LogP contribution in [0.2, 0.25) is 0 Å². The van der Waals surface area contributed by atoms with Crippen LogP contribution in [0, 0.1) is 0 Å². The van der Waals surface area contributed by atoms with Crippen molar-refractivity contribution >= 4 is 27.4 Å². The van der Waals surface area contributed by atoms with Crippen LogP contribution in [0.4, 0.5) is 11.5 Å². The molecule has 0 aliphatic heterocycles. The second-order valence-corrected chi connectivity index (χ2v) is 3.64. The highest BCUT2D eigenvalue weighted by Crippen LogP contribution is 2.14. The van der Waals surface area contributed by atoms with E-state index in [0.717, 1.165) is 16.0 Å². The van der Waals surface area contributed by atoms with Crippen LogP contribution >= 0.6 is 15.9 Å². The zero-order chi connectivity index (χ0) is 9.80. The van der Waals surface area contributed by atoms with Crippen LogP contribution in [0.25, 0.3) is 0 Å². The fourth-order valence-corrected chi connectivity index (χ4v) is 1.27. The van der Waals surface area contributed by atoms with Gasteiger partial charge >= 0.3 is 0 Å². The Balaban J connectivity index is 2.16. The molecule has 4 heteroatoms. The van der Waals surface area contributed by atoms with Gasteiger partial charge in [0.2, 0.25) is 0 Å². The molecular formula is C10H8BrN3. The molecule has 0 unspecified atom stereocenters. The van der Waals surface area contributed by atoms with Gasteiger partial charge in [-0.2, -0.15) is 0 Å². The van der Waals surface area contributed by atoms with E-state index in [0.29, 0.717) is 0 Å². The number of nitrogens with one attached hydrogen (secondary N) is 1. The van der Waals surface area contributed by atoms with Crippen LogP contribution in [-0.4, -0.2) is 9.97 Å². The van der Waals surface area contributed by atoms with Crippen molar-refractivity contribution < 1.29 is 0 Å². The third kappa shape index (κ3) is 2.29. The summed E-state index contributed by atoms with van der Waals surface area (Å²) in [5, 5.41) is 3.14. The van der Waals surface area contributed by atoms with Gasteiger partial charge in [0.1, 0.15) is 5.82 Å². The summed E-state index contributed by atoms with van der Waals surface area (Å²) in [5.41, 5.74) is 0.933. The van der Waals surface area contributed by atoms with Crippen molar-refractivity contribution in [3.63, 3.8) is 0 Å². The Hall–Kier alpha value is -1.42. The Morgan fingerprint density at radius 2 is 2.07 bits per heavy atom. The topological polar surface area (TPSA) is 37.8 Å². The number of hydrogen-bond donors (Lipinski definition) is 1.